The number of carbonyl (C=O) groups is 1. The Morgan fingerprint density at radius 1 is 1.50 bits per heavy atom. The van der Waals surface area contributed by atoms with E-state index in [0.29, 0.717) is 24.5 Å². The fourth-order valence-corrected chi connectivity index (χ4v) is 1.98. The topological polar surface area (TPSA) is 38.3 Å². The van der Waals surface area contributed by atoms with Gasteiger partial charge in [0.1, 0.15) is 6.29 Å². The zero-order chi connectivity index (χ0) is 10.6. The summed E-state index contributed by atoms with van der Waals surface area (Å²) in [5.74, 6) is 0.528. The van der Waals surface area contributed by atoms with Gasteiger partial charge in [0, 0.05) is 12.5 Å². The van der Waals surface area contributed by atoms with Crippen molar-refractivity contribution in [2.45, 2.75) is 51.4 Å². The Labute approximate surface area is 86.2 Å². The first kappa shape index (κ1) is 11.7. The molecule has 82 valence electrons. The molecule has 1 rings (SSSR count). The average molecular weight is 199 g/mol. The second kappa shape index (κ2) is 5.47. The maximum absolute atomic E-state index is 10.4. The minimum Gasteiger partial charge on any atom is -0.374 e. The Morgan fingerprint density at radius 3 is 2.71 bits per heavy atom. The number of aldehydes is 1. The van der Waals surface area contributed by atoms with Gasteiger partial charge in [0.25, 0.3) is 0 Å². The SMILES string of the molecule is CN[C@@H]1CC(C(C)C)O[C@H](CC=O)C1. The summed E-state index contributed by atoms with van der Waals surface area (Å²) < 4.78 is 5.85. The van der Waals surface area contributed by atoms with Crippen LogP contribution < -0.4 is 5.32 Å². The first-order valence-electron chi connectivity index (χ1n) is 5.43. The molecule has 0 radical (unpaired) electrons. The molecule has 1 N–H and O–H groups in total. The van der Waals surface area contributed by atoms with Gasteiger partial charge < -0.3 is 14.8 Å². The Bertz CT molecular complexity index is 182. The molecule has 0 aromatic rings. The molecular formula is C11H21NO2. The quantitative estimate of drug-likeness (QED) is 0.695. The van der Waals surface area contributed by atoms with Gasteiger partial charge in [0.15, 0.2) is 0 Å². The van der Waals surface area contributed by atoms with Gasteiger partial charge in [-0.15, -0.1) is 0 Å². The summed E-state index contributed by atoms with van der Waals surface area (Å²) >= 11 is 0. The van der Waals surface area contributed by atoms with E-state index in [1.54, 1.807) is 0 Å². The van der Waals surface area contributed by atoms with E-state index in [1.165, 1.54) is 0 Å². The molecule has 1 heterocycles. The third-order valence-electron chi connectivity index (χ3n) is 2.94. The van der Waals surface area contributed by atoms with E-state index in [2.05, 4.69) is 19.2 Å². The highest BCUT2D eigenvalue weighted by atomic mass is 16.5. The standard InChI is InChI=1S/C11H21NO2/c1-8(2)11-7-9(12-3)6-10(14-11)4-5-13/h5,8-12H,4,6-7H2,1-3H3/t9-,10+,11?/m0/s1. The van der Waals surface area contributed by atoms with Crippen molar-refractivity contribution in [2.75, 3.05) is 7.05 Å². The lowest BCUT2D eigenvalue weighted by Gasteiger charge is -2.36. The number of hydrogen-bond acceptors (Lipinski definition) is 3. The Morgan fingerprint density at radius 2 is 2.21 bits per heavy atom. The average Bonchev–Trinajstić information content (AvgIpc) is 2.17. The van der Waals surface area contributed by atoms with Crippen molar-refractivity contribution < 1.29 is 9.53 Å². The van der Waals surface area contributed by atoms with Crippen LogP contribution in [0, 0.1) is 5.92 Å². The molecule has 0 bridgehead atoms. The van der Waals surface area contributed by atoms with Crippen LogP contribution in [-0.4, -0.2) is 31.6 Å². The predicted molar refractivity (Wildman–Crippen MR) is 56.3 cm³/mol. The fraction of sp³-hybridized carbons (Fsp3) is 0.909. The van der Waals surface area contributed by atoms with Crippen LogP contribution >= 0.6 is 0 Å². The Kier molecular flexibility index (Phi) is 4.55. The number of rotatable bonds is 4. The molecule has 1 aliphatic rings. The van der Waals surface area contributed by atoms with Crippen molar-refractivity contribution >= 4 is 6.29 Å². The summed E-state index contributed by atoms with van der Waals surface area (Å²) in [6.45, 7) is 4.33. The smallest absolute Gasteiger partial charge is 0.122 e. The molecule has 0 aromatic heterocycles. The highest BCUT2D eigenvalue weighted by Crippen LogP contribution is 2.25. The molecule has 14 heavy (non-hydrogen) atoms. The summed E-state index contributed by atoms with van der Waals surface area (Å²) in [5, 5.41) is 3.28. The predicted octanol–water partition coefficient (Wildman–Crippen LogP) is 1.37. The van der Waals surface area contributed by atoms with Crippen LogP contribution in [0.5, 0.6) is 0 Å². The van der Waals surface area contributed by atoms with Crippen LogP contribution in [-0.2, 0) is 9.53 Å². The van der Waals surface area contributed by atoms with Gasteiger partial charge in [-0.2, -0.15) is 0 Å². The van der Waals surface area contributed by atoms with E-state index in [1.807, 2.05) is 7.05 Å². The van der Waals surface area contributed by atoms with Crippen molar-refractivity contribution in [2.24, 2.45) is 5.92 Å². The molecule has 0 aliphatic carbocycles. The van der Waals surface area contributed by atoms with Crippen molar-refractivity contribution in [3.8, 4) is 0 Å². The van der Waals surface area contributed by atoms with E-state index < -0.39 is 0 Å². The van der Waals surface area contributed by atoms with Crippen LogP contribution in [0.15, 0.2) is 0 Å². The van der Waals surface area contributed by atoms with Crippen molar-refractivity contribution in [3.05, 3.63) is 0 Å². The third-order valence-corrected chi connectivity index (χ3v) is 2.94. The molecule has 1 fully saturated rings. The van der Waals surface area contributed by atoms with Gasteiger partial charge in [-0.05, 0) is 25.8 Å². The molecule has 3 heteroatoms. The van der Waals surface area contributed by atoms with E-state index in [9.17, 15) is 4.79 Å². The van der Waals surface area contributed by atoms with Crippen LogP contribution in [0.1, 0.15) is 33.1 Å². The van der Waals surface area contributed by atoms with Gasteiger partial charge in [-0.25, -0.2) is 0 Å². The third kappa shape index (κ3) is 3.07. The first-order valence-corrected chi connectivity index (χ1v) is 5.43. The summed E-state index contributed by atoms with van der Waals surface area (Å²) in [6.07, 6.45) is 3.92. The molecule has 0 amide bonds. The van der Waals surface area contributed by atoms with Crippen LogP contribution in [0.3, 0.4) is 0 Å². The molecule has 0 aromatic carbocycles. The molecule has 1 unspecified atom stereocenters. The van der Waals surface area contributed by atoms with E-state index in [-0.39, 0.29) is 6.10 Å². The molecule has 1 aliphatic heterocycles. The molecule has 1 saturated heterocycles. The maximum Gasteiger partial charge on any atom is 0.122 e. The lowest BCUT2D eigenvalue weighted by atomic mass is 9.91. The minimum atomic E-state index is 0.117. The Balaban J connectivity index is 2.51. The number of carbonyl (C=O) groups excluding carboxylic acids is 1. The second-order valence-electron chi connectivity index (χ2n) is 4.40. The minimum absolute atomic E-state index is 0.117. The highest BCUT2D eigenvalue weighted by molar-refractivity contribution is 5.50. The summed E-state index contributed by atoms with van der Waals surface area (Å²) in [4.78, 5) is 10.4. The van der Waals surface area contributed by atoms with Gasteiger partial charge in [-0.3, -0.25) is 0 Å². The van der Waals surface area contributed by atoms with E-state index in [0.717, 1.165) is 19.1 Å². The highest BCUT2D eigenvalue weighted by Gasteiger charge is 2.29. The van der Waals surface area contributed by atoms with Crippen LogP contribution in [0.25, 0.3) is 0 Å². The van der Waals surface area contributed by atoms with Crippen molar-refractivity contribution in [1.82, 2.24) is 5.32 Å². The van der Waals surface area contributed by atoms with Crippen molar-refractivity contribution in [3.63, 3.8) is 0 Å². The van der Waals surface area contributed by atoms with Crippen molar-refractivity contribution in [1.29, 1.82) is 0 Å². The van der Waals surface area contributed by atoms with Gasteiger partial charge >= 0.3 is 0 Å². The lowest BCUT2D eigenvalue weighted by molar-refractivity contribution is -0.117. The van der Waals surface area contributed by atoms with Gasteiger partial charge in [0.2, 0.25) is 0 Å². The molecule has 3 atom stereocenters. The summed E-state index contributed by atoms with van der Waals surface area (Å²) in [7, 11) is 1.98. The summed E-state index contributed by atoms with van der Waals surface area (Å²) in [6, 6.07) is 0.501. The number of ether oxygens (including phenoxy) is 1. The number of hydrogen-bond donors (Lipinski definition) is 1. The summed E-state index contributed by atoms with van der Waals surface area (Å²) in [5.41, 5.74) is 0. The maximum atomic E-state index is 10.4. The van der Waals surface area contributed by atoms with Crippen LogP contribution in [0.2, 0.25) is 0 Å². The van der Waals surface area contributed by atoms with Crippen LogP contribution in [0.4, 0.5) is 0 Å². The lowest BCUT2D eigenvalue weighted by Crippen LogP contribution is -2.43. The van der Waals surface area contributed by atoms with E-state index >= 15 is 0 Å². The molecule has 0 saturated carbocycles. The monoisotopic (exact) mass is 199 g/mol. The molecule has 3 nitrogen and oxygen atoms in total. The molecule has 0 spiro atoms. The normalized spacial score (nSPS) is 33.3. The molecular weight excluding hydrogens is 178 g/mol. The van der Waals surface area contributed by atoms with Gasteiger partial charge in [0.05, 0.1) is 12.2 Å². The zero-order valence-corrected chi connectivity index (χ0v) is 9.32. The second-order valence-corrected chi connectivity index (χ2v) is 4.40. The number of nitrogens with one attached hydrogen (secondary N) is 1. The first-order chi connectivity index (χ1) is 6.67. The fourth-order valence-electron chi connectivity index (χ4n) is 1.98. The largest absolute Gasteiger partial charge is 0.374 e. The van der Waals surface area contributed by atoms with Gasteiger partial charge in [-0.1, -0.05) is 13.8 Å². The van der Waals surface area contributed by atoms with E-state index in [4.69, 9.17) is 4.74 Å². The Hall–Kier alpha value is -0.410. The zero-order valence-electron chi connectivity index (χ0n) is 9.32.